The first-order chi connectivity index (χ1) is 16.5. The number of benzene rings is 3. The van der Waals surface area contributed by atoms with Gasteiger partial charge in [-0.3, -0.25) is 9.78 Å². The van der Waals surface area contributed by atoms with Crippen molar-refractivity contribution >= 4 is 33.7 Å². The molecule has 6 nitrogen and oxygen atoms in total. The summed E-state index contributed by atoms with van der Waals surface area (Å²) in [5.74, 6) is -1.93. The lowest BCUT2D eigenvalue weighted by Crippen LogP contribution is -2.24. The van der Waals surface area contributed by atoms with Gasteiger partial charge in [-0.15, -0.1) is 0 Å². The number of carboxylic acid groups (broad SMARTS) is 1. The van der Waals surface area contributed by atoms with Crippen LogP contribution in [0.5, 0.6) is 0 Å². The van der Waals surface area contributed by atoms with Crippen LogP contribution in [0, 0.1) is 5.82 Å². The SMILES string of the molecule is O=C(O)c1ccc(CNC(=O)c2cc(F)cc3ccn(Cc4ccc5ccccc5n4)c23)cc1. The van der Waals surface area contributed by atoms with Gasteiger partial charge in [-0.1, -0.05) is 36.4 Å². The van der Waals surface area contributed by atoms with E-state index in [1.165, 1.54) is 24.3 Å². The number of carbonyl (C=O) groups excluding carboxylic acids is 1. The highest BCUT2D eigenvalue weighted by Crippen LogP contribution is 2.24. The van der Waals surface area contributed by atoms with Crippen LogP contribution in [0.1, 0.15) is 32.0 Å². The lowest BCUT2D eigenvalue weighted by atomic mass is 10.1. The van der Waals surface area contributed by atoms with Crippen LogP contribution in [0.3, 0.4) is 0 Å². The number of halogens is 1. The summed E-state index contributed by atoms with van der Waals surface area (Å²) in [6.07, 6.45) is 1.82. The Hall–Kier alpha value is -4.52. The summed E-state index contributed by atoms with van der Waals surface area (Å²) in [5.41, 5.74) is 3.46. The summed E-state index contributed by atoms with van der Waals surface area (Å²) in [6.45, 7) is 0.612. The molecular formula is C27H20FN3O3. The third-order valence-electron chi connectivity index (χ3n) is 5.71. The smallest absolute Gasteiger partial charge is 0.335 e. The molecule has 2 N–H and O–H groups in total. The molecule has 0 saturated carbocycles. The molecule has 2 heterocycles. The van der Waals surface area contributed by atoms with E-state index in [2.05, 4.69) is 5.32 Å². The molecule has 0 aliphatic carbocycles. The minimum absolute atomic E-state index is 0.169. The molecule has 0 unspecified atom stereocenters. The normalized spacial score (nSPS) is 11.1. The van der Waals surface area contributed by atoms with Gasteiger partial charge in [-0.05, 0) is 48.0 Å². The van der Waals surface area contributed by atoms with Crippen molar-refractivity contribution < 1.29 is 19.1 Å². The largest absolute Gasteiger partial charge is 0.478 e. The number of fused-ring (bicyclic) bond motifs is 2. The van der Waals surface area contributed by atoms with E-state index < -0.39 is 17.7 Å². The van der Waals surface area contributed by atoms with Crippen molar-refractivity contribution in [3.05, 3.63) is 113 Å². The number of hydrogen-bond donors (Lipinski definition) is 2. The van der Waals surface area contributed by atoms with E-state index in [4.69, 9.17) is 10.1 Å². The van der Waals surface area contributed by atoms with Crippen molar-refractivity contribution in [2.75, 3.05) is 0 Å². The third-order valence-corrected chi connectivity index (χ3v) is 5.71. The number of para-hydroxylation sites is 1. The fourth-order valence-electron chi connectivity index (χ4n) is 4.03. The van der Waals surface area contributed by atoms with Gasteiger partial charge in [0.15, 0.2) is 0 Å². The van der Waals surface area contributed by atoms with Crippen LogP contribution in [-0.4, -0.2) is 26.5 Å². The summed E-state index contributed by atoms with van der Waals surface area (Å²) in [6, 6.07) is 22.4. The van der Waals surface area contributed by atoms with Crippen LogP contribution >= 0.6 is 0 Å². The molecule has 34 heavy (non-hydrogen) atoms. The second kappa shape index (κ2) is 8.78. The molecule has 0 aliphatic heterocycles. The van der Waals surface area contributed by atoms with Gasteiger partial charge in [-0.2, -0.15) is 0 Å². The molecule has 2 aromatic heterocycles. The standard InChI is InChI=1S/C27H20FN3O3/c28-21-13-20-11-12-31(16-22-10-9-18-3-1-2-4-24(18)30-22)25(20)23(14-21)26(32)29-15-17-5-7-19(8-6-17)27(33)34/h1-14H,15-16H2,(H,29,32)(H,33,34). The van der Waals surface area contributed by atoms with Crippen molar-refractivity contribution in [1.82, 2.24) is 14.9 Å². The fourth-order valence-corrected chi connectivity index (χ4v) is 4.03. The maximum absolute atomic E-state index is 14.3. The molecule has 0 atom stereocenters. The number of nitrogens with one attached hydrogen (secondary N) is 1. The Kier molecular flexibility index (Phi) is 5.51. The van der Waals surface area contributed by atoms with Crippen molar-refractivity contribution in [1.29, 1.82) is 0 Å². The average molecular weight is 453 g/mol. The number of hydrogen-bond acceptors (Lipinski definition) is 3. The van der Waals surface area contributed by atoms with E-state index in [0.29, 0.717) is 17.4 Å². The number of carboxylic acids is 1. The van der Waals surface area contributed by atoms with Crippen LogP contribution in [0.2, 0.25) is 0 Å². The maximum atomic E-state index is 14.3. The Balaban J connectivity index is 1.42. The molecule has 3 aromatic carbocycles. The van der Waals surface area contributed by atoms with Crippen LogP contribution in [0.4, 0.5) is 4.39 Å². The zero-order valence-corrected chi connectivity index (χ0v) is 18.0. The average Bonchev–Trinajstić information content (AvgIpc) is 3.24. The van der Waals surface area contributed by atoms with Gasteiger partial charge in [-0.25, -0.2) is 9.18 Å². The number of pyridine rings is 1. The topological polar surface area (TPSA) is 84.2 Å². The van der Waals surface area contributed by atoms with Crippen LogP contribution < -0.4 is 5.32 Å². The Bertz CT molecular complexity index is 1540. The molecular weight excluding hydrogens is 433 g/mol. The van der Waals surface area contributed by atoms with E-state index in [0.717, 1.165) is 22.2 Å². The van der Waals surface area contributed by atoms with Gasteiger partial charge in [0.05, 0.1) is 34.4 Å². The van der Waals surface area contributed by atoms with Crippen molar-refractivity contribution in [3.63, 3.8) is 0 Å². The highest BCUT2D eigenvalue weighted by molar-refractivity contribution is 6.06. The van der Waals surface area contributed by atoms with Gasteiger partial charge in [0.25, 0.3) is 5.91 Å². The maximum Gasteiger partial charge on any atom is 0.335 e. The highest BCUT2D eigenvalue weighted by Gasteiger charge is 2.16. The minimum Gasteiger partial charge on any atom is -0.478 e. The molecule has 1 amide bonds. The summed E-state index contributed by atoms with van der Waals surface area (Å²) in [4.78, 5) is 28.8. The Morgan fingerprint density at radius 2 is 1.74 bits per heavy atom. The monoisotopic (exact) mass is 453 g/mol. The number of nitrogens with zero attached hydrogens (tertiary/aromatic N) is 2. The second-order valence-electron chi connectivity index (χ2n) is 8.01. The first kappa shape index (κ1) is 21.3. The lowest BCUT2D eigenvalue weighted by Gasteiger charge is -2.11. The second-order valence-corrected chi connectivity index (χ2v) is 8.01. The lowest BCUT2D eigenvalue weighted by molar-refractivity contribution is 0.0696. The van der Waals surface area contributed by atoms with E-state index in [9.17, 15) is 14.0 Å². The Labute approximate surface area is 194 Å². The Morgan fingerprint density at radius 1 is 0.941 bits per heavy atom. The van der Waals surface area contributed by atoms with E-state index in [1.54, 1.807) is 18.2 Å². The minimum atomic E-state index is -1.01. The van der Waals surface area contributed by atoms with Gasteiger partial charge in [0, 0.05) is 23.5 Å². The van der Waals surface area contributed by atoms with Crippen molar-refractivity contribution in [2.24, 2.45) is 0 Å². The molecule has 0 spiro atoms. The summed E-state index contributed by atoms with van der Waals surface area (Å²) < 4.78 is 16.2. The number of aromatic carboxylic acids is 1. The Morgan fingerprint density at radius 3 is 2.53 bits per heavy atom. The molecule has 0 aliphatic rings. The van der Waals surface area contributed by atoms with Gasteiger partial charge in [0.2, 0.25) is 0 Å². The quantitative estimate of drug-likeness (QED) is 0.379. The molecule has 0 radical (unpaired) electrons. The number of aromatic nitrogens is 2. The van der Waals surface area contributed by atoms with E-state index in [1.807, 2.05) is 47.2 Å². The number of rotatable bonds is 6. The van der Waals surface area contributed by atoms with Gasteiger partial charge < -0.3 is 15.0 Å². The zero-order chi connectivity index (χ0) is 23.7. The summed E-state index contributed by atoms with van der Waals surface area (Å²) in [5, 5.41) is 13.5. The molecule has 5 rings (SSSR count). The first-order valence-electron chi connectivity index (χ1n) is 10.7. The molecule has 0 bridgehead atoms. The summed E-state index contributed by atoms with van der Waals surface area (Å²) in [7, 11) is 0. The van der Waals surface area contributed by atoms with Crippen LogP contribution in [-0.2, 0) is 13.1 Å². The molecule has 7 heteroatoms. The van der Waals surface area contributed by atoms with Crippen LogP contribution in [0.15, 0.2) is 85.1 Å². The predicted octanol–water partition coefficient (Wildman–Crippen LogP) is 5.01. The molecule has 0 fully saturated rings. The van der Waals surface area contributed by atoms with Crippen molar-refractivity contribution in [3.8, 4) is 0 Å². The van der Waals surface area contributed by atoms with E-state index >= 15 is 0 Å². The van der Waals surface area contributed by atoms with Crippen LogP contribution in [0.25, 0.3) is 21.8 Å². The predicted molar refractivity (Wildman–Crippen MR) is 127 cm³/mol. The summed E-state index contributed by atoms with van der Waals surface area (Å²) >= 11 is 0. The third kappa shape index (κ3) is 4.23. The molecule has 0 saturated heterocycles. The molecule has 5 aromatic rings. The zero-order valence-electron chi connectivity index (χ0n) is 18.0. The van der Waals surface area contributed by atoms with E-state index in [-0.39, 0.29) is 17.7 Å². The molecule has 168 valence electrons. The van der Waals surface area contributed by atoms with Crippen molar-refractivity contribution in [2.45, 2.75) is 13.1 Å². The first-order valence-corrected chi connectivity index (χ1v) is 10.7. The highest BCUT2D eigenvalue weighted by atomic mass is 19.1. The number of amides is 1. The van der Waals surface area contributed by atoms with Gasteiger partial charge >= 0.3 is 5.97 Å². The fraction of sp³-hybridized carbons (Fsp3) is 0.0741. The van der Waals surface area contributed by atoms with Gasteiger partial charge in [0.1, 0.15) is 5.82 Å². The number of carbonyl (C=O) groups is 2.